The Labute approximate surface area is 489 Å². The molecule has 0 saturated heterocycles. The molecule has 0 spiro atoms. The van der Waals surface area contributed by atoms with Gasteiger partial charge in [-0.3, -0.25) is 0 Å². The van der Waals surface area contributed by atoms with Crippen LogP contribution in [0.5, 0.6) is 0 Å². The van der Waals surface area contributed by atoms with Gasteiger partial charge in [-0.25, -0.2) is 0 Å². The van der Waals surface area contributed by atoms with E-state index >= 15 is 0 Å². The topological polar surface area (TPSA) is 0 Å². The van der Waals surface area contributed by atoms with Crippen LogP contribution in [-0.2, 0) is 25.7 Å². The van der Waals surface area contributed by atoms with Crippen LogP contribution in [0.1, 0.15) is 448 Å². The molecule has 0 nitrogen and oxygen atoms in total. The number of aryl methyl sites for hydroxylation is 2. The first kappa shape index (κ1) is 74.2. The molecule has 0 aromatic heterocycles. The maximum atomic E-state index is 4.41. The standard InChI is InChI=1S/C77H147/c1-5-9-12-15-18-21-24-27-30-33-36-39-42-45-48-51-54-57-60-63-66-69-75-72-74(8-4)73-76(70-67-64-61-58-55-52-49-46-43-40-37-34-31-28-25-22-19-16-13-10-6-2)77(75)71-68-65-62-59-56-53-50-47-44-41-38-35-32-29-26-23-20-17-14-11-7-3/h72-73H,4-71H2,1-3H3. The highest BCUT2D eigenvalue weighted by Gasteiger charge is 2.12. The van der Waals surface area contributed by atoms with Crippen molar-refractivity contribution < 1.29 is 0 Å². The second-order valence-electron chi connectivity index (χ2n) is 26.1. The molecule has 0 atom stereocenters. The van der Waals surface area contributed by atoms with Crippen molar-refractivity contribution in [3.8, 4) is 0 Å². The molecule has 0 aliphatic carbocycles. The third-order valence-corrected chi connectivity index (χ3v) is 18.4. The fraction of sp³-hybridized carbons (Fsp3) is 0.909. The van der Waals surface area contributed by atoms with E-state index in [2.05, 4.69) is 39.8 Å². The Bertz CT molecular complexity index is 1160. The van der Waals surface area contributed by atoms with Gasteiger partial charge in [-0.05, 0) is 74.1 Å². The van der Waals surface area contributed by atoms with Crippen LogP contribution in [0.4, 0.5) is 0 Å². The first-order chi connectivity index (χ1) is 38.3. The predicted molar refractivity (Wildman–Crippen MR) is 355 cm³/mol. The smallest absolute Gasteiger partial charge is 0.0273 e. The Hall–Kier alpha value is -0.780. The summed E-state index contributed by atoms with van der Waals surface area (Å²) in [7, 11) is 0. The van der Waals surface area contributed by atoms with Gasteiger partial charge in [0, 0.05) is 0 Å². The summed E-state index contributed by atoms with van der Waals surface area (Å²) in [6, 6.07) is 5.22. The van der Waals surface area contributed by atoms with E-state index in [1.165, 1.54) is 429 Å². The van der Waals surface area contributed by atoms with Gasteiger partial charge in [0.2, 0.25) is 0 Å². The zero-order valence-corrected chi connectivity index (χ0v) is 54.2. The van der Waals surface area contributed by atoms with Gasteiger partial charge in [-0.15, -0.1) is 0 Å². The van der Waals surface area contributed by atoms with Crippen molar-refractivity contribution in [3.63, 3.8) is 0 Å². The third kappa shape index (κ3) is 54.2. The van der Waals surface area contributed by atoms with Gasteiger partial charge in [0.15, 0.2) is 0 Å². The molecule has 0 fully saturated rings. The average molecular weight is 1070 g/mol. The lowest BCUT2D eigenvalue weighted by Crippen LogP contribution is -2.04. The van der Waals surface area contributed by atoms with Crippen LogP contribution in [-0.4, -0.2) is 0 Å². The van der Waals surface area contributed by atoms with Crippen LogP contribution in [0.2, 0.25) is 0 Å². The van der Waals surface area contributed by atoms with Crippen molar-refractivity contribution in [2.75, 3.05) is 0 Å². The normalized spacial score (nSPS) is 11.7. The molecule has 1 rings (SSSR count). The predicted octanol–water partition coefficient (Wildman–Crippen LogP) is 28.3. The molecule has 0 amide bonds. The van der Waals surface area contributed by atoms with E-state index in [9.17, 15) is 0 Å². The van der Waals surface area contributed by atoms with E-state index in [1.54, 1.807) is 16.7 Å². The molecule has 1 aromatic rings. The molecule has 0 N–H and O–H groups in total. The highest BCUT2D eigenvalue weighted by molar-refractivity contribution is 5.40. The van der Waals surface area contributed by atoms with E-state index in [4.69, 9.17) is 0 Å². The van der Waals surface area contributed by atoms with Gasteiger partial charge >= 0.3 is 0 Å². The zero-order valence-electron chi connectivity index (χ0n) is 54.2. The van der Waals surface area contributed by atoms with Crippen molar-refractivity contribution in [1.29, 1.82) is 0 Å². The monoisotopic (exact) mass is 1070 g/mol. The Balaban J connectivity index is 2.35. The SMILES string of the molecule is [CH2]Cc1cc(CCCCCCCCCCCCCCCCCCCCCCC)c(CCCCCCCCCCCCCCCCCCCCCCC)c(CCCCCCCCCCCCCCCCCCCCCCC)c1. The first-order valence-electron chi connectivity index (χ1n) is 37.2. The molecular weight excluding hydrogens is 925 g/mol. The minimum Gasteiger partial charge on any atom is -0.0654 e. The molecule has 77 heavy (non-hydrogen) atoms. The van der Waals surface area contributed by atoms with Crippen LogP contribution in [0.15, 0.2) is 12.1 Å². The largest absolute Gasteiger partial charge is 0.0654 e. The van der Waals surface area contributed by atoms with Gasteiger partial charge in [-0.1, -0.05) is 418 Å². The van der Waals surface area contributed by atoms with Gasteiger partial charge in [0.1, 0.15) is 0 Å². The summed E-state index contributed by atoms with van der Waals surface area (Å²) in [4.78, 5) is 0. The second kappa shape index (κ2) is 64.4. The molecule has 0 heterocycles. The minimum absolute atomic E-state index is 0.943. The second-order valence-corrected chi connectivity index (χ2v) is 26.1. The summed E-state index contributed by atoms with van der Waals surface area (Å²) < 4.78 is 0. The van der Waals surface area contributed by atoms with Crippen molar-refractivity contribution in [3.05, 3.63) is 41.3 Å². The molecule has 0 saturated carbocycles. The Morgan fingerprint density at radius 1 is 0.195 bits per heavy atom. The lowest BCUT2D eigenvalue weighted by atomic mass is 9.87. The van der Waals surface area contributed by atoms with E-state index in [1.807, 2.05) is 0 Å². The molecule has 1 aromatic carbocycles. The minimum atomic E-state index is 0.943. The quantitative estimate of drug-likeness (QED) is 0.0571. The highest BCUT2D eigenvalue weighted by Crippen LogP contribution is 2.27. The lowest BCUT2D eigenvalue weighted by molar-refractivity contribution is 0.519. The average Bonchev–Trinajstić information content (AvgIpc) is 3.44. The number of benzene rings is 1. The first-order valence-corrected chi connectivity index (χ1v) is 37.2. The summed E-state index contributed by atoms with van der Waals surface area (Å²) in [5, 5.41) is 0. The summed E-state index contributed by atoms with van der Waals surface area (Å²) in [6.45, 7) is 11.4. The van der Waals surface area contributed by atoms with Gasteiger partial charge in [0.05, 0.1) is 0 Å². The van der Waals surface area contributed by atoms with Crippen LogP contribution in [0.25, 0.3) is 0 Å². The summed E-state index contributed by atoms with van der Waals surface area (Å²) in [6.07, 6.45) is 96.9. The van der Waals surface area contributed by atoms with Crippen molar-refractivity contribution in [2.24, 2.45) is 0 Å². The van der Waals surface area contributed by atoms with Crippen LogP contribution in [0.3, 0.4) is 0 Å². The maximum Gasteiger partial charge on any atom is -0.0273 e. The van der Waals surface area contributed by atoms with Crippen LogP contribution < -0.4 is 0 Å². The summed E-state index contributed by atoms with van der Waals surface area (Å²) in [5.74, 6) is 0. The van der Waals surface area contributed by atoms with Crippen molar-refractivity contribution >= 4 is 0 Å². The Morgan fingerprint density at radius 2 is 0.338 bits per heavy atom. The highest BCUT2D eigenvalue weighted by atomic mass is 14.2. The molecule has 1 radical (unpaired) electrons. The molecule has 0 unspecified atom stereocenters. The molecular formula is C77H147. The van der Waals surface area contributed by atoms with Crippen LogP contribution in [0, 0.1) is 6.92 Å². The fourth-order valence-electron chi connectivity index (χ4n) is 13.0. The lowest BCUT2D eigenvalue weighted by Gasteiger charge is -2.18. The van der Waals surface area contributed by atoms with Crippen molar-refractivity contribution in [1.82, 2.24) is 0 Å². The van der Waals surface area contributed by atoms with Gasteiger partial charge in [0.25, 0.3) is 0 Å². The number of hydrogen-bond acceptors (Lipinski definition) is 0. The van der Waals surface area contributed by atoms with Crippen LogP contribution >= 0.6 is 0 Å². The van der Waals surface area contributed by atoms with E-state index in [-0.39, 0.29) is 0 Å². The van der Waals surface area contributed by atoms with Crippen molar-refractivity contribution in [2.45, 2.75) is 451 Å². The van der Waals surface area contributed by atoms with Gasteiger partial charge < -0.3 is 0 Å². The van der Waals surface area contributed by atoms with E-state index in [0.29, 0.717) is 0 Å². The fourth-order valence-corrected chi connectivity index (χ4v) is 13.0. The summed E-state index contributed by atoms with van der Waals surface area (Å²) in [5.41, 5.74) is 6.72. The molecule has 0 bridgehead atoms. The third-order valence-electron chi connectivity index (χ3n) is 18.4. The van der Waals surface area contributed by atoms with Gasteiger partial charge in [-0.2, -0.15) is 0 Å². The maximum absolute atomic E-state index is 4.41. The Kier molecular flexibility index (Phi) is 62.1. The number of unbranched alkanes of at least 4 members (excludes halogenated alkanes) is 60. The molecule has 0 aliphatic heterocycles. The van der Waals surface area contributed by atoms with E-state index in [0.717, 1.165) is 6.42 Å². The molecule has 0 aliphatic rings. The Morgan fingerprint density at radius 3 is 0.494 bits per heavy atom. The number of rotatable bonds is 67. The zero-order chi connectivity index (χ0) is 55.1. The molecule has 455 valence electrons. The van der Waals surface area contributed by atoms with E-state index < -0.39 is 0 Å². The molecule has 0 heteroatoms. The summed E-state index contributed by atoms with van der Waals surface area (Å²) >= 11 is 0. The number of hydrogen-bond donors (Lipinski definition) is 0.